The summed E-state index contributed by atoms with van der Waals surface area (Å²) in [5.74, 6) is -18.2. The SMILES string of the molecule is COC(=O)[C@@H](N)Cc1ccc(-c2c(Cl)cc(F)cc2Cl)c2ncccc12.COC(=O)[C@H](Cc1ccc(-c2c(Cl)cc(F)cc2Cl)c2ncccc12)NC(=O)c1c(F)cccc1F.O.O=C(Cl)c1c(F)cccc1F.O=C(N[C@@H](Cc1ccc(-c2c(Cl)cc(F)cc2Cl)c2c1CCCN2)C(=O)O)c1c(F)cccc1F.O=C(N[C@@H](Cc1ccc(-c2c(Cl)cc(F)cc2Cl)c2ncccc12)C(=O)O)c1c(F)cccc1F.[Li+].[OH-]. The van der Waals surface area contributed by atoms with Crippen molar-refractivity contribution in [1.82, 2.24) is 30.9 Å². The number of aliphatic carboxylic acids is 2. The van der Waals surface area contributed by atoms with Crippen LogP contribution in [0.2, 0.25) is 40.2 Å². The molecule has 0 fully saturated rings. The van der Waals surface area contributed by atoms with Crippen molar-refractivity contribution in [3.05, 3.63) is 385 Å². The number of ether oxygens (including phenoxy) is 2. The Labute approximate surface area is 878 Å². The van der Waals surface area contributed by atoms with E-state index in [0.717, 1.165) is 139 Å². The Kier molecular flexibility index (Phi) is 41.7. The van der Waals surface area contributed by atoms with Crippen LogP contribution in [0, 0.1) is 69.8 Å². The minimum Gasteiger partial charge on any atom is -0.870 e. The van der Waals surface area contributed by atoms with Gasteiger partial charge in [0.05, 0.1) is 71.0 Å². The Bertz CT molecular complexity index is 7380. The topological polar surface area (TPSA) is 370 Å². The van der Waals surface area contributed by atoms with E-state index in [1.807, 2.05) is 12.1 Å². The van der Waals surface area contributed by atoms with Crippen molar-refractivity contribution in [3.8, 4) is 44.5 Å². The van der Waals surface area contributed by atoms with Gasteiger partial charge < -0.3 is 57.6 Å². The summed E-state index contributed by atoms with van der Waals surface area (Å²) in [6, 6.07) is 40.1. The Morgan fingerprint density at radius 2 is 0.644 bits per heavy atom. The number of carboxylic acid groups (broad SMARTS) is 2. The molecule has 4 atom stereocenters. The van der Waals surface area contributed by atoms with Gasteiger partial charge in [0.2, 0.25) is 0 Å². The maximum Gasteiger partial charge on any atom is 1.00 e. The number of anilines is 1. The summed E-state index contributed by atoms with van der Waals surface area (Å²) in [6.45, 7) is 0.644. The fourth-order valence-electron chi connectivity index (χ4n) is 15.5. The van der Waals surface area contributed by atoms with Crippen molar-refractivity contribution < 1.29 is 141 Å². The van der Waals surface area contributed by atoms with Gasteiger partial charge in [-0.05, 0) is 174 Å². The zero-order valence-corrected chi connectivity index (χ0v) is 82.2. The van der Waals surface area contributed by atoms with Crippen LogP contribution in [-0.4, -0.2) is 128 Å². The molecule has 0 aliphatic carbocycles. The monoisotopic (exact) mass is 2180 g/mol. The number of hydrogen-bond donors (Lipinski definition) is 7. The van der Waals surface area contributed by atoms with Crippen molar-refractivity contribution in [1.29, 1.82) is 0 Å². The number of esters is 2. The largest absolute Gasteiger partial charge is 1.00 e. The van der Waals surface area contributed by atoms with Gasteiger partial charge in [0.25, 0.3) is 23.0 Å². The van der Waals surface area contributed by atoms with Crippen molar-refractivity contribution in [2.24, 2.45) is 5.73 Å². The van der Waals surface area contributed by atoms with E-state index in [-0.39, 0.29) is 89.3 Å². The molecular weight excluding hydrogens is 2120 g/mol. The van der Waals surface area contributed by atoms with Gasteiger partial charge in [-0.3, -0.25) is 38.9 Å². The first-order valence-corrected chi connectivity index (χ1v) is 45.3. The van der Waals surface area contributed by atoms with Gasteiger partial charge in [-0.25, -0.2) is 67.1 Å². The van der Waals surface area contributed by atoms with E-state index in [1.165, 1.54) is 25.4 Å². The number of carbonyl (C=O) groups is 8. The van der Waals surface area contributed by atoms with Gasteiger partial charge in [-0.1, -0.05) is 184 Å². The van der Waals surface area contributed by atoms with E-state index in [2.05, 4.69) is 41.0 Å². The number of nitrogens with zero attached hydrogens (tertiary/aromatic N) is 3. The van der Waals surface area contributed by atoms with Crippen molar-refractivity contribution in [3.63, 3.8) is 0 Å². The number of nitrogens with two attached hydrogens (primary N) is 1. The van der Waals surface area contributed by atoms with E-state index in [9.17, 15) is 101 Å². The summed E-state index contributed by atoms with van der Waals surface area (Å²) in [4.78, 5) is 109. The molecule has 146 heavy (non-hydrogen) atoms. The number of nitrogens with one attached hydrogen (secondary N) is 4. The van der Waals surface area contributed by atoms with Crippen LogP contribution in [0.15, 0.2) is 225 Å². The Morgan fingerprint density at radius 1 is 0.377 bits per heavy atom. The van der Waals surface area contributed by atoms with Crippen molar-refractivity contribution in [2.75, 3.05) is 26.1 Å². The van der Waals surface area contributed by atoms with Gasteiger partial charge in [0, 0.05) is 111 Å². The third-order valence-electron chi connectivity index (χ3n) is 21.9. The standard InChI is InChI=1S/C26H17Cl2F3N2O3.C25H19Cl2F3N2O3.C25H15Cl2F3N2O3.C19H15Cl2FN2O2.C7H3ClF2O.Li.2H2O/c1-36-26(35)21(33-25(34)23-19(30)5-2-6-20(23)31)10-13-7-8-16(24-15(13)4-3-9-32-24)22-17(27)11-14(29)12-18(22)28;2*26-16-10-13(28)11-17(27)21(16)15-7-6-12(14-3-2-8-31-23(14)15)9-20(25(34)35)32-24(33)22-18(29)4-1-5-19(22)30;1-26-19(25)16(23)7-10-4-5-13(18-12(10)3-2-6-24-18)17-14(20)8-11(22)9-15(17)21;8-7(11)6-4(9)2-1-3-5(6)10;;;/h2-9,11-12,21H,10H2,1H3,(H,33,34);1,4-7,10-11,20,31H,2-3,8-9H2,(H,32,33)(H,34,35);1-8,10-11,20H,9H2,(H,32,33)(H,34,35);2-6,8-9,16H,7,23H2,1H3;1-3H;;2*1H2/q;;;;;+1;;/p-1/t21-;2*20-;16-;;;;/m0000..../s1. The summed E-state index contributed by atoms with van der Waals surface area (Å²) < 4.78 is 173. The van der Waals surface area contributed by atoms with Gasteiger partial charge in [-0.2, -0.15) is 0 Å². The molecule has 4 heterocycles. The first-order valence-electron chi connectivity index (χ1n) is 41.9. The molecule has 15 aromatic rings. The van der Waals surface area contributed by atoms with Crippen LogP contribution in [-0.2, 0) is 60.8 Å². The van der Waals surface area contributed by atoms with Crippen LogP contribution in [0.4, 0.5) is 58.4 Å². The molecule has 0 unspecified atom stereocenters. The second-order valence-electron chi connectivity index (χ2n) is 31.0. The van der Waals surface area contributed by atoms with E-state index >= 15 is 0 Å². The molecule has 12 aromatic carbocycles. The fraction of sp³-hybridized carbons (Fsp3) is 0.127. The zero-order chi connectivity index (χ0) is 104. The van der Waals surface area contributed by atoms with Crippen LogP contribution in [0.3, 0.4) is 0 Å². The number of pyridine rings is 3. The minimum absolute atomic E-state index is 0. The van der Waals surface area contributed by atoms with E-state index < -0.39 is 163 Å². The number of carbonyl (C=O) groups excluding carboxylic acids is 6. The van der Waals surface area contributed by atoms with Gasteiger partial charge in [0.1, 0.15) is 116 Å². The molecule has 22 nitrogen and oxygen atoms in total. The molecule has 16 rings (SSSR count). The third-order valence-corrected chi connectivity index (χ3v) is 24.5. The number of rotatable bonds is 23. The van der Waals surface area contributed by atoms with E-state index in [0.29, 0.717) is 114 Å². The summed E-state index contributed by atoms with van der Waals surface area (Å²) in [5, 5.41) is 31.2. The fourth-order valence-corrected chi connectivity index (χ4v) is 18.3. The molecule has 0 spiro atoms. The normalized spacial score (nSPS) is 11.9. The average molecular weight is 2190 g/mol. The van der Waals surface area contributed by atoms with Crippen LogP contribution in [0.1, 0.15) is 75.7 Å². The molecule has 0 bridgehead atoms. The Morgan fingerprint density at radius 3 is 0.938 bits per heavy atom. The molecule has 44 heteroatoms. The number of benzene rings is 12. The Balaban J connectivity index is 0.000000209. The number of halogens is 21. The van der Waals surface area contributed by atoms with Crippen LogP contribution in [0.25, 0.3) is 77.2 Å². The molecule has 0 radical (unpaired) electrons. The second kappa shape index (κ2) is 52.3. The third kappa shape index (κ3) is 27.6. The predicted molar refractivity (Wildman–Crippen MR) is 527 cm³/mol. The predicted octanol–water partition coefficient (Wildman–Crippen LogP) is 20.8. The molecule has 11 N–H and O–H groups in total. The number of carboxylic acids is 2. The Hall–Kier alpha value is -13.1. The first-order chi connectivity index (χ1) is 68.1. The van der Waals surface area contributed by atoms with E-state index in [4.69, 9.17) is 115 Å². The molecule has 3 aromatic heterocycles. The molecule has 1 aliphatic rings. The number of aromatic nitrogens is 3. The average Bonchev–Trinajstić information content (AvgIpc) is 0.776. The maximum atomic E-state index is 14.1. The van der Waals surface area contributed by atoms with Crippen LogP contribution >= 0.6 is 104 Å². The summed E-state index contributed by atoms with van der Waals surface area (Å²) in [5.41, 5.74) is 12.1. The van der Waals surface area contributed by atoms with Crippen LogP contribution < -0.4 is 45.9 Å². The number of fused-ring (bicyclic) bond motifs is 4. The smallest absolute Gasteiger partial charge is 0.870 e. The number of amides is 3. The van der Waals surface area contributed by atoms with Gasteiger partial charge in [-0.15, -0.1) is 0 Å². The quantitative estimate of drug-likeness (QED) is 0.0135. The van der Waals surface area contributed by atoms with Crippen molar-refractivity contribution in [2.45, 2.75) is 62.7 Å². The molecule has 0 saturated carbocycles. The number of methoxy groups -OCH3 is 2. The first kappa shape index (κ1) is 116. The summed E-state index contributed by atoms with van der Waals surface area (Å²) in [7, 11) is 2.43. The minimum atomic E-state index is -1.51. The molecule has 0 saturated heterocycles. The summed E-state index contributed by atoms with van der Waals surface area (Å²) >= 11 is 54.9. The van der Waals surface area contributed by atoms with Gasteiger partial charge >= 0.3 is 42.7 Å². The molecule has 3 amide bonds. The zero-order valence-electron chi connectivity index (χ0n) is 75.4. The van der Waals surface area contributed by atoms with E-state index in [1.54, 1.807) is 85.2 Å². The molecular formula is C102H72Cl9F12LiN8O14. The summed E-state index contributed by atoms with van der Waals surface area (Å²) in [6.07, 6.45) is 5.92. The maximum absolute atomic E-state index is 14.1. The molecule has 752 valence electrons. The van der Waals surface area contributed by atoms with Crippen LogP contribution in [0.5, 0.6) is 0 Å². The van der Waals surface area contributed by atoms with Gasteiger partial charge in [0.15, 0.2) is 0 Å². The number of hydrogen-bond acceptors (Lipinski definition) is 16. The molecule has 1 aliphatic heterocycles. The second-order valence-corrected chi connectivity index (χ2v) is 34.6. The van der Waals surface area contributed by atoms with Crippen molar-refractivity contribution >= 4 is 190 Å².